The van der Waals surface area contributed by atoms with Crippen molar-refractivity contribution in [1.82, 2.24) is 8.61 Å². The van der Waals surface area contributed by atoms with Crippen molar-refractivity contribution in [3.8, 4) is 0 Å². The fourth-order valence-corrected chi connectivity index (χ4v) is 3.05. The number of methoxy groups -OCH3 is 1. The van der Waals surface area contributed by atoms with Gasteiger partial charge in [-0.05, 0) is 12.3 Å². The SMILES string of the molecule is COCCN(CC(C)C)S(=O)(=O)N(C)CCCO. The number of hydrogen-bond donors (Lipinski definition) is 1. The van der Waals surface area contributed by atoms with Crippen LogP contribution in [0.5, 0.6) is 0 Å². The van der Waals surface area contributed by atoms with Crippen molar-refractivity contribution >= 4 is 10.2 Å². The molecule has 0 aliphatic carbocycles. The van der Waals surface area contributed by atoms with E-state index >= 15 is 0 Å². The van der Waals surface area contributed by atoms with Crippen molar-refractivity contribution < 1.29 is 18.3 Å². The van der Waals surface area contributed by atoms with Gasteiger partial charge in [0.2, 0.25) is 0 Å². The van der Waals surface area contributed by atoms with Crippen LogP contribution in [-0.4, -0.2) is 69.1 Å². The van der Waals surface area contributed by atoms with Crippen molar-refractivity contribution in [3.63, 3.8) is 0 Å². The lowest BCUT2D eigenvalue weighted by Gasteiger charge is -2.28. The summed E-state index contributed by atoms with van der Waals surface area (Å²) in [6.45, 7) is 5.45. The molecule has 0 bridgehead atoms. The normalized spacial score (nSPS) is 12.9. The quantitative estimate of drug-likeness (QED) is 0.619. The van der Waals surface area contributed by atoms with Crippen LogP contribution >= 0.6 is 0 Å². The number of nitrogens with zero attached hydrogens (tertiary/aromatic N) is 2. The summed E-state index contributed by atoms with van der Waals surface area (Å²) in [5.41, 5.74) is 0. The van der Waals surface area contributed by atoms with Gasteiger partial charge < -0.3 is 9.84 Å². The molecule has 0 unspecified atom stereocenters. The van der Waals surface area contributed by atoms with Crippen LogP contribution in [0.3, 0.4) is 0 Å². The molecule has 6 nitrogen and oxygen atoms in total. The molecule has 0 amide bonds. The minimum absolute atomic E-state index is 0.0118. The van der Waals surface area contributed by atoms with Crippen LogP contribution in [0.2, 0.25) is 0 Å². The van der Waals surface area contributed by atoms with Crippen LogP contribution in [0.25, 0.3) is 0 Å². The molecular formula is C11H26N2O4S. The Morgan fingerprint density at radius 2 is 1.89 bits per heavy atom. The number of ether oxygens (including phenoxy) is 1. The summed E-state index contributed by atoms with van der Waals surface area (Å²) in [5.74, 6) is 0.253. The zero-order valence-corrected chi connectivity index (χ0v) is 12.6. The average Bonchev–Trinajstić information content (AvgIpc) is 2.30. The van der Waals surface area contributed by atoms with E-state index < -0.39 is 10.2 Å². The number of aliphatic hydroxyl groups excluding tert-OH is 1. The van der Waals surface area contributed by atoms with Gasteiger partial charge in [0, 0.05) is 40.4 Å². The standard InChI is InChI=1S/C11H26N2O4S/c1-11(2)10-13(7-9-17-4)18(15,16)12(3)6-5-8-14/h11,14H,5-10H2,1-4H3. The smallest absolute Gasteiger partial charge is 0.281 e. The van der Waals surface area contributed by atoms with Gasteiger partial charge in [-0.1, -0.05) is 13.8 Å². The van der Waals surface area contributed by atoms with E-state index in [2.05, 4.69) is 0 Å². The Bertz CT molecular complexity index is 306. The first-order chi connectivity index (χ1) is 8.36. The van der Waals surface area contributed by atoms with Crippen LogP contribution in [0.4, 0.5) is 0 Å². The summed E-state index contributed by atoms with van der Waals surface area (Å²) in [4.78, 5) is 0. The van der Waals surface area contributed by atoms with Crippen molar-refractivity contribution in [3.05, 3.63) is 0 Å². The second-order valence-electron chi connectivity index (χ2n) is 4.65. The van der Waals surface area contributed by atoms with Crippen molar-refractivity contribution in [2.75, 3.05) is 47.0 Å². The molecule has 0 rings (SSSR count). The van der Waals surface area contributed by atoms with Crippen molar-refractivity contribution in [2.45, 2.75) is 20.3 Å². The Kier molecular flexibility index (Phi) is 8.71. The molecule has 0 aliphatic rings. The molecule has 0 aromatic heterocycles. The van der Waals surface area contributed by atoms with E-state index in [9.17, 15) is 8.42 Å². The maximum absolute atomic E-state index is 12.3. The lowest BCUT2D eigenvalue weighted by molar-refractivity contribution is 0.172. The topological polar surface area (TPSA) is 70.1 Å². The molecule has 0 saturated carbocycles. The van der Waals surface area contributed by atoms with Gasteiger partial charge >= 0.3 is 0 Å². The third-order valence-electron chi connectivity index (χ3n) is 2.46. The Hall–Kier alpha value is -0.210. The zero-order chi connectivity index (χ0) is 14.2. The summed E-state index contributed by atoms with van der Waals surface area (Å²) in [6, 6.07) is 0. The highest BCUT2D eigenvalue weighted by Gasteiger charge is 2.26. The van der Waals surface area contributed by atoms with Gasteiger partial charge in [0.15, 0.2) is 0 Å². The van der Waals surface area contributed by atoms with Gasteiger partial charge in [0.1, 0.15) is 0 Å². The van der Waals surface area contributed by atoms with Gasteiger partial charge in [0.05, 0.1) is 6.61 Å². The largest absolute Gasteiger partial charge is 0.396 e. The predicted octanol–water partition coefficient (Wildman–Crippen LogP) is 0.150. The number of hydrogen-bond acceptors (Lipinski definition) is 4. The van der Waals surface area contributed by atoms with Crippen LogP contribution in [0, 0.1) is 5.92 Å². The van der Waals surface area contributed by atoms with Crippen molar-refractivity contribution in [2.24, 2.45) is 5.92 Å². The lowest BCUT2D eigenvalue weighted by atomic mass is 10.2. The lowest BCUT2D eigenvalue weighted by Crippen LogP contribution is -2.45. The molecule has 0 heterocycles. The van der Waals surface area contributed by atoms with Crippen LogP contribution in [0.15, 0.2) is 0 Å². The Balaban J connectivity index is 4.71. The molecule has 0 spiro atoms. The highest BCUT2D eigenvalue weighted by atomic mass is 32.2. The van der Waals surface area contributed by atoms with E-state index in [-0.39, 0.29) is 12.5 Å². The fourth-order valence-electron chi connectivity index (χ4n) is 1.51. The number of aliphatic hydroxyl groups is 1. The Morgan fingerprint density at radius 3 is 2.33 bits per heavy atom. The minimum atomic E-state index is -3.47. The molecule has 1 N–H and O–H groups in total. The molecule has 0 fully saturated rings. The van der Waals surface area contributed by atoms with E-state index in [1.807, 2.05) is 13.8 Å². The molecule has 7 heteroatoms. The van der Waals surface area contributed by atoms with Crippen molar-refractivity contribution in [1.29, 1.82) is 0 Å². The highest BCUT2D eigenvalue weighted by molar-refractivity contribution is 7.86. The fraction of sp³-hybridized carbons (Fsp3) is 1.00. The predicted molar refractivity (Wildman–Crippen MR) is 71.5 cm³/mol. The minimum Gasteiger partial charge on any atom is -0.396 e. The highest BCUT2D eigenvalue weighted by Crippen LogP contribution is 2.10. The first-order valence-electron chi connectivity index (χ1n) is 6.17. The second kappa shape index (κ2) is 8.82. The zero-order valence-electron chi connectivity index (χ0n) is 11.8. The Morgan fingerprint density at radius 1 is 1.28 bits per heavy atom. The first kappa shape index (κ1) is 17.8. The summed E-state index contributed by atoms with van der Waals surface area (Å²) in [6.07, 6.45) is 0.440. The van der Waals surface area contributed by atoms with E-state index in [0.29, 0.717) is 32.7 Å². The van der Waals surface area contributed by atoms with Gasteiger partial charge in [-0.3, -0.25) is 0 Å². The number of rotatable bonds is 10. The molecule has 0 aromatic carbocycles. The average molecular weight is 282 g/mol. The molecule has 18 heavy (non-hydrogen) atoms. The maximum Gasteiger partial charge on any atom is 0.281 e. The molecule has 0 aliphatic heterocycles. The van der Waals surface area contributed by atoms with E-state index in [4.69, 9.17) is 9.84 Å². The monoisotopic (exact) mass is 282 g/mol. The summed E-state index contributed by atoms with van der Waals surface area (Å²) < 4.78 is 32.2. The maximum atomic E-state index is 12.3. The molecule has 0 radical (unpaired) electrons. The molecular weight excluding hydrogens is 256 g/mol. The van der Waals surface area contributed by atoms with Gasteiger partial charge in [0.25, 0.3) is 10.2 Å². The van der Waals surface area contributed by atoms with E-state index in [1.54, 1.807) is 7.11 Å². The second-order valence-corrected chi connectivity index (χ2v) is 6.69. The first-order valence-corrected chi connectivity index (χ1v) is 7.57. The van der Waals surface area contributed by atoms with Crippen LogP contribution in [0.1, 0.15) is 20.3 Å². The third kappa shape index (κ3) is 6.10. The molecule has 0 saturated heterocycles. The van der Waals surface area contributed by atoms with E-state index in [0.717, 1.165) is 0 Å². The van der Waals surface area contributed by atoms with E-state index in [1.165, 1.54) is 15.7 Å². The molecule has 0 aromatic rings. The Labute approximate surface area is 111 Å². The summed E-state index contributed by atoms with van der Waals surface area (Å²) >= 11 is 0. The third-order valence-corrected chi connectivity index (χ3v) is 4.42. The molecule has 0 atom stereocenters. The summed E-state index contributed by atoms with van der Waals surface area (Å²) in [7, 11) is -0.381. The van der Waals surface area contributed by atoms with Gasteiger partial charge in [-0.15, -0.1) is 0 Å². The van der Waals surface area contributed by atoms with Crippen LogP contribution in [-0.2, 0) is 14.9 Å². The summed E-state index contributed by atoms with van der Waals surface area (Å²) in [5, 5.41) is 8.75. The molecule has 110 valence electrons. The van der Waals surface area contributed by atoms with Gasteiger partial charge in [-0.25, -0.2) is 0 Å². The van der Waals surface area contributed by atoms with Gasteiger partial charge in [-0.2, -0.15) is 17.0 Å². The van der Waals surface area contributed by atoms with Crippen LogP contribution < -0.4 is 0 Å².